The molecule has 8 nitrogen and oxygen atoms in total. The summed E-state index contributed by atoms with van der Waals surface area (Å²) in [6.07, 6.45) is 1.17. The van der Waals surface area contributed by atoms with Gasteiger partial charge in [0.2, 0.25) is 5.91 Å². The molecule has 33 heavy (non-hydrogen) atoms. The zero-order chi connectivity index (χ0) is 24.0. The fraction of sp³-hybridized carbons (Fsp3) is 0.500. The van der Waals surface area contributed by atoms with E-state index in [1.807, 2.05) is 31.2 Å². The lowest BCUT2D eigenvalue weighted by molar-refractivity contribution is -0.151. The molecule has 0 bridgehead atoms. The Kier molecular flexibility index (Phi) is 8.43. The van der Waals surface area contributed by atoms with E-state index in [2.05, 4.69) is 4.98 Å². The fourth-order valence-electron chi connectivity index (χ4n) is 3.75. The molecular weight excluding hydrogens is 442 g/mol. The summed E-state index contributed by atoms with van der Waals surface area (Å²) in [5, 5.41) is 0.750. The molecule has 1 aliphatic heterocycles. The molecule has 1 aliphatic rings. The van der Waals surface area contributed by atoms with E-state index in [1.54, 1.807) is 25.8 Å². The molecule has 9 heteroatoms. The summed E-state index contributed by atoms with van der Waals surface area (Å²) in [5.74, 6) is 0.0875. The Labute approximate surface area is 198 Å². The minimum absolute atomic E-state index is 0.0152. The molecule has 0 aliphatic carbocycles. The molecule has 178 valence electrons. The monoisotopic (exact) mass is 473 g/mol. The lowest BCUT2D eigenvalue weighted by Gasteiger charge is -2.32. The van der Waals surface area contributed by atoms with Gasteiger partial charge >= 0.3 is 5.97 Å². The Balaban J connectivity index is 1.59. The van der Waals surface area contributed by atoms with Gasteiger partial charge in [-0.3, -0.25) is 14.4 Å². The van der Waals surface area contributed by atoms with Crippen LogP contribution in [0.4, 0.5) is 0 Å². The molecule has 0 N–H and O–H groups in total. The number of esters is 1. The van der Waals surface area contributed by atoms with Gasteiger partial charge in [0.25, 0.3) is 5.91 Å². The maximum atomic E-state index is 13.0. The summed E-state index contributed by atoms with van der Waals surface area (Å²) in [7, 11) is 1.63. The van der Waals surface area contributed by atoms with Crippen molar-refractivity contribution in [2.24, 2.45) is 5.92 Å². The van der Waals surface area contributed by atoms with Crippen molar-refractivity contribution in [1.82, 2.24) is 14.8 Å². The zero-order valence-corrected chi connectivity index (χ0v) is 20.4. The van der Waals surface area contributed by atoms with E-state index in [0.717, 1.165) is 16.3 Å². The molecule has 3 rings (SSSR count). The SMILES string of the molecule is CCOC(=O)C1CCN(C(=O)CN(C)C(=O)c2sc(-c3ccc(OCC)cc3)nc2C)CC1. The van der Waals surface area contributed by atoms with Gasteiger partial charge in [-0.25, -0.2) is 4.98 Å². The highest BCUT2D eigenvalue weighted by Gasteiger charge is 2.29. The van der Waals surface area contributed by atoms with Crippen LogP contribution in [-0.2, 0) is 14.3 Å². The van der Waals surface area contributed by atoms with E-state index in [-0.39, 0.29) is 30.2 Å². The van der Waals surface area contributed by atoms with E-state index in [0.29, 0.717) is 49.7 Å². The Morgan fingerprint density at radius 3 is 2.39 bits per heavy atom. The van der Waals surface area contributed by atoms with Gasteiger partial charge in [-0.1, -0.05) is 0 Å². The van der Waals surface area contributed by atoms with Gasteiger partial charge in [-0.2, -0.15) is 0 Å². The highest BCUT2D eigenvalue weighted by Crippen LogP contribution is 2.30. The van der Waals surface area contributed by atoms with E-state index >= 15 is 0 Å². The molecule has 2 aromatic rings. The standard InChI is InChI=1S/C24H31N3O5S/c1-5-31-19-9-7-17(8-10-19)22-25-16(3)21(33-22)23(29)26(4)15-20(28)27-13-11-18(12-14-27)24(30)32-6-2/h7-10,18H,5-6,11-15H2,1-4H3. The number of carbonyl (C=O) groups is 3. The first-order valence-corrected chi connectivity index (χ1v) is 12.1. The number of rotatable bonds is 8. The van der Waals surface area contributed by atoms with Crippen molar-refractivity contribution < 1.29 is 23.9 Å². The second-order valence-electron chi connectivity index (χ2n) is 7.96. The van der Waals surface area contributed by atoms with Gasteiger partial charge in [-0.15, -0.1) is 11.3 Å². The van der Waals surface area contributed by atoms with Gasteiger partial charge in [0.1, 0.15) is 15.6 Å². The molecule has 1 aromatic heterocycles. The van der Waals surface area contributed by atoms with Crippen molar-refractivity contribution in [1.29, 1.82) is 0 Å². The summed E-state index contributed by atoms with van der Waals surface area (Å²) in [4.78, 5) is 45.9. The Bertz CT molecular complexity index is 980. The Hall–Kier alpha value is -2.94. The van der Waals surface area contributed by atoms with E-state index in [4.69, 9.17) is 9.47 Å². The molecule has 1 saturated heterocycles. The fourth-order valence-corrected chi connectivity index (χ4v) is 4.82. The van der Waals surface area contributed by atoms with Crippen LogP contribution in [0.5, 0.6) is 5.75 Å². The number of nitrogens with zero attached hydrogens (tertiary/aromatic N) is 3. The van der Waals surface area contributed by atoms with Crippen molar-refractivity contribution in [3.8, 4) is 16.3 Å². The first kappa shape index (κ1) is 24.7. The third-order valence-corrected chi connectivity index (χ3v) is 6.78. The Morgan fingerprint density at radius 1 is 1.12 bits per heavy atom. The number of likely N-dealkylation sites (tertiary alicyclic amines) is 1. The van der Waals surface area contributed by atoms with Gasteiger partial charge in [0.15, 0.2) is 0 Å². The molecule has 1 aromatic carbocycles. The van der Waals surface area contributed by atoms with E-state index in [1.165, 1.54) is 16.2 Å². The predicted octanol–water partition coefficient (Wildman–Crippen LogP) is 3.39. The average molecular weight is 474 g/mol. The van der Waals surface area contributed by atoms with Crippen molar-refractivity contribution in [2.75, 3.05) is 39.9 Å². The number of aromatic nitrogens is 1. The van der Waals surface area contributed by atoms with Gasteiger partial charge in [-0.05, 0) is 57.9 Å². The number of benzene rings is 1. The predicted molar refractivity (Wildman–Crippen MR) is 126 cm³/mol. The topological polar surface area (TPSA) is 89.0 Å². The molecule has 1 fully saturated rings. The van der Waals surface area contributed by atoms with E-state index in [9.17, 15) is 14.4 Å². The summed E-state index contributed by atoms with van der Waals surface area (Å²) < 4.78 is 10.6. The summed E-state index contributed by atoms with van der Waals surface area (Å²) in [6.45, 7) is 7.46. The molecule has 0 radical (unpaired) electrons. The zero-order valence-electron chi connectivity index (χ0n) is 19.6. The third-order valence-electron chi connectivity index (χ3n) is 5.59. The quantitative estimate of drug-likeness (QED) is 0.546. The first-order chi connectivity index (χ1) is 15.8. The molecule has 0 saturated carbocycles. The normalized spacial score (nSPS) is 14.1. The van der Waals surface area contributed by atoms with Crippen molar-refractivity contribution in [2.45, 2.75) is 33.6 Å². The third kappa shape index (κ3) is 6.10. The molecule has 0 atom stereocenters. The highest BCUT2D eigenvalue weighted by molar-refractivity contribution is 7.17. The molecule has 0 spiro atoms. The molecule has 2 amide bonds. The Morgan fingerprint density at radius 2 is 1.79 bits per heavy atom. The minimum Gasteiger partial charge on any atom is -0.494 e. The van der Waals surface area contributed by atoms with Crippen LogP contribution in [0.25, 0.3) is 10.6 Å². The number of amides is 2. The maximum absolute atomic E-state index is 13.0. The number of carbonyl (C=O) groups excluding carboxylic acids is 3. The number of ether oxygens (including phenoxy) is 2. The number of thiazole rings is 1. The lowest BCUT2D eigenvalue weighted by atomic mass is 9.97. The first-order valence-electron chi connectivity index (χ1n) is 11.2. The van der Waals surface area contributed by atoms with Crippen molar-refractivity contribution in [3.05, 3.63) is 34.8 Å². The summed E-state index contributed by atoms with van der Waals surface area (Å²) in [6, 6.07) is 7.61. The number of hydrogen-bond acceptors (Lipinski definition) is 7. The highest BCUT2D eigenvalue weighted by atomic mass is 32.1. The largest absolute Gasteiger partial charge is 0.494 e. The second kappa shape index (κ2) is 11.3. The maximum Gasteiger partial charge on any atom is 0.309 e. The van der Waals surface area contributed by atoms with Crippen LogP contribution >= 0.6 is 11.3 Å². The number of hydrogen-bond donors (Lipinski definition) is 0. The average Bonchev–Trinajstić information content (AvgIpc) is 3.21. The number of piperidine rings is 1. The second-order valence-corrected chi connectivity index (χ2v) is 8.96. The number of aryl methyl sites for hydroxylation is 1. The molecule has 2 heterocycles. The smallest absolute Gasteiger partial charge is 0.309 e. The summed E-state index contributed by atoms with van der Waals surface area (Å²) in [5.41, 5.74) is 1.55. The molecular formula is C24H31N3O5S. The van der Waals surface area contributed by atoms with Crippen LogP contribution in [0, 0.1) is 12.8 Å². The van der Waals surface area contributed by atoms with Crippen LogP contribution in [-0.4, -0.2) is 72.5 Å². The van der Waals surface area contributed by atoms with Crippen LogP contribution in [0.1, 0.15) is 42.1 Å². The summed E-state index contributed by atoms with van der Waals surface area (Å²) >= 11 is 1.32. The van der Waals surface area contributed by atoms with Crippen LogP contribution < -0.4 is 4.74 Å². The molecule has 0 unspecified atom stereocenters. The van der Waals surface area contributed by atoms with Crippen molar-refractivity contribution in [3.63, 3.8) is 0 Å². The van der Waals surface area contributed by atoms with Crippen LogP contribution in [0.3, 0.4) is 0 Å². The minimum atomic E-state index is -0.225. The number of likely N-dealkylation sites (N-methyl/N-ethyl adjacent to an activating group) is 1. The van der Waals surface area contributed by atoms with E-state index < -0.39 is 0 Å². The van der Waals surface area contributed by atoms with Gasteiger partial charge in [0, 0.05) is 25.7 Å². The van der Waals surface area contributed by atoms with Gasteiger partial charge < -0.3 is 19.3 Å². The van der Waals surface area contributed by atoms with Crippen LogP contribution in [0.2, 0.25) is 0 Å². The lowest BCUT2D eigenvalue weighted by Crippen LogP contribution is -2.45. The van der Waals surface area contributed by atoms with Crippen LogP contribution in [0.15, 0.2) is 24.3 Å². The van der Waals surface area contributed by atoms with Crippen molar-refractivity contribution >= 4 is 29.1 Å². The van der Waals surface area contributed by atoms with Gasteiger partial charge in [0.05, 0.1) is 31.4 Å².